The number of aromatic amines is 1. The quantitative estimate of drug-likeness (QED) is 0.772. The van der Waals surface area contributed by atoms with Crippen LogP contribution in [0, 0.1) is 0 Å². The summed E-state index contributed by atoms with van der Waals surface area (Å²) in [5, 5.41) is 22.0. The number of carbonyl (C=O) groups excluding carboxylic acids is 1. The van der Waals surface area contributed by atoms with Crippen molar-refractivity contribution in [3.63, 3.8) is 0 Å². The van der Waals surface area contributed by atoms with Gasteiger partial charge in [0.05, 0.1) is 17.5 Å². The third-order valence-electron chi connectivity index (χ3n) is 5.26. The van der Waals surface area contributed by atoms with Crippen molar-refractivity contribution >= 4 is 11.7 Å². The maximum Gasteiger partial charge on any atom is 0.257 e. The van der Waals surface area contributed by atoms with Crippen molar-refractivity contribution in [1.82, 2.24) is 30.6 Å². The van der Waals surface area contributed by atoms with E-state index < -0.39 is 0 Å². The van der Waals surface area contributed by atoms with Gasteiger partial charge in [0.15, 0.2) is 0 Å². The fourth-order valence-electron chi connectivity index (χ4n) is 3.82. The van der Waals surface area contributed by atoms with Crippen LogP contribution >= 0.6 is 0 Å². The van der Waals surface area contributed by atoms with Gasteiger partial charge in [-0.15, -0.1) is 5.10 Å². The smallest absolute Gasteiger partial charge is 0.257 e. The maximum atomic E-state index is 13.0. The summed E-state index contributed by atoms with van der Waals surface area (Å²) in [7, 11) is 0. The number of rotatable bonds is 4. The average molecular weight is 355 g/mol. The minimum Gasteiger partial charge on any atom is -0.366 e. The molecule has 1 amide bonds. The number of nitrogens with zero attached hydrogens (tertiary/aromatic N) is 4. The van der Waals surface area contributed by atoms with Crippen molar-refractivity contribution < 1.29 is 4.79 Å². The van der Waals surface area contributed by atoms with Gasteiger partial charge >= 0.3 is 0 Å². The van der Waals surface area contributed by atoms with Crippen LogP contribution in [0.2, 0.25) is 0 Å². The Labute approximate surface area is 152 Å². The minimum absolute atomic E-state index is 0.0825. The van der Waals surface area contributed by atoms with Gasteiger partial charge < -0.3 is 15.5 Å². The second-order valence-corrected chi connectivity index (χ2v) is 7.02. The molecule has 0 radical (unpaired) electrons. The molecule has 8 heteroatoms. The Bertz CT molecular complexity index is 718. The number of nitrogens with one attached hydrogen (secondary N) is 3. The van der Waals surface area contributed by atoms with Crippen molar-refractivity contribution in [1.29, 1.82) is 0 Å². The molecule has 2 saturated heterocycles. The Kier molecular flexibility index (Phi) is 5.10. The zero-order valence-electron chi connectivity index (χ0n) is 14.8. The zero-order chi connectivity index (χ0) is 17.8. The third kappa shape index (κ3) is 3.70. The highest BCUT2D eigenvalue weighted by Crippen LogP contribution is 2.25. The van der Waals surface area contributed by atoms with E-state index in [1.165, 1.54) is 12.8 Å². The van der Waals surface area contributed by atoms with Crippen molar-refractivity contribution in [2.75, 3.05) is 25.0 Å². The monoisotopic (exact) mass is 355 g/mol. The van der Waals surface area contributed by atoms with Crippen LogP contribution in [0.4, 0.5) is 5.82 Å². The Hall–Kier alpha value is -2.48. The average Bonchev–Trinajstić information content (AvgIpc) is 3.19. The highest BCUT2D eigenvalue weighted by molar-refractivity contribution is 5.95. The number of H-pyrrole nitrogens is 1. The molecule has 8 nitrogen and oxygen atoms in total. The van der Waals surface area contributed by atoms with Crippen LogP contribution in [0.5, 0.6) is 0 Å². The molecule has 0 aromatic carbocycles. The SMILES string of the molecule is O=C(c1cn[nH]c1C1CCCCN1)N1CCC(Nc2cccnn2)CC1. The first-order chi connectivity index (χ1) is 12.8. The number of carbonyl (C=O) groups is 1. The van der Waals surface area contributed by atoms with E-state index >= 15 is 0 Å². The summed E-state index contributed by atoms with van der Waals surface area (Å²) >= 11 is 0. The first-order valence-corrected chi connectivity index (χ1v) is 9.41. The number of aromatic nitrogens is 4. The number of piperidine rings is 2. The molecule has 0 aliphatic carbocycles. The molecule has 2 aromatic heterocycles. The third-order valence-corrected chi connectivity index (χ3v) is 5.26. The van der Waals surface area contributed by atoms with E-state index in [0.29, 0.717) is 11.6 Å². The van der Waals surface area contributed by atoms with Gasteiger partial charge in [-0.25, -0.2) is 0 Å². The Morgan fingerprint density at radius 2 is 2.12 bits per heavy atom. The van der Waals surface area contributed by atoms with E-state index in [1.807, 2.05) is 17.0 Å². The second kappa shape index (κ2) is 7.82. The summed E-state index contributed by atoms with van der Waals surface area (Å²) in [5.41, 5.74) is 1.65. The molecule has 138 valence electrons. The predicted octanol–water partition coefficient (Wildman–Crippen LogP) is 1.73. The lowest BCUT2D eigenvalue weighted by Crippen LogP contribution is -2.43. The largest absolute Gasteiger partial charge is 0.366 e. The van der Waals surface area contributed by atoms with Gasteiger partial charge in [-0.1, -0.05) is 6.42 Å². The topological polar surface area (TPSA) is 98.8 Å². The van der Waals surface area contributed by atoms with Gasteiger partial charge in [0, 0.05) is 31.4 Å². The number of hydrogen-bond donors (Lipinski definition) is 3. The molecule has 2 aliphatic rings. The first-order valence-electron chi connectivity index (χ1n) is 9.41. The van der Waals surface area contributed by atoms with Crippen LogP contribution in [-0.2, 0) is 0 Å². The lowest BCUT2D eigenvalue weighted by molar-refractivity contribution is 0.0716. The molecule has 2 fully saturated rings. The van der Waals surface area contributed by atoms with Crippen LogP contribution in [0.3, 0.4) is 0 Å². The van der Waals surface area contributed by atoms with Crippen LogP contribution in [0.1, 0.15) is 54.2 Å². The standard InChI is InChI=1S/C18H25N7O/c26-18(14-12-21-24-17(14)15-4-1-2-8-19-15)25-10-6-13(7-11-25)22-16-5-3-9-20-23-16/h3,5,9,12-13,15,19H,1-2,4,6-8,10-11H2,(H,21,24)(H,22,23). The van der Waals surface area contributed by atoms with Crippen LogP contribution < -0.4 is 10.6 Å². The van der Waals surface area contributed by atoms with Gasteiger partial charge in [0.1, 0.15) is 5.82 Å². The van der Waals surface area contributed by atoms with Crippen molar-refractivity contribution in [2.45, 2.75) is 44.2 Å². The molecule has 2 aliphatic heterocycles. The molecule has 26 heavy (non-hydrogen) atoms. The van der Waals surface area contributed by atoms with Crippen LogP contribution in [0.25, 0.3) is 0 Å². The van der Waals surface area contributed by atoms with Gasteiger partial charge in [0.25, 0.3) is 5.91 Å². The molecule has 0 bridgehead atoms. The summed E-state index contributed by atoms with van der Waals surface area (Å²) in [6, 6.07) is 4.31. The van der Waals surface area contributed by atoms with Crippen LogP contribution in [-0.4, -0.2) is 56.9 Å². The molecular formula is C18H25N7O. The number of likely N-dealkylation sites (tertiary alicyclic amines) is 1. The molecule has 1 atom stereocenters. The van der Waals surface area contributed by atoms with Gasteiger partial charge in [-0.05, 0) is 44.4 Å². The van der Waals surface area contributed by atoms with E-state index in [4.69, 9.17) is 0 Å². The zero-order valence-corrected chi connectivity index (χ0v) is 14.8. The number of anilines is 1. The predicted molar refractivity (Wildman–Crippen MR) is 97.8 cm³/mol. The second-order valence-electron chi connectivity index (χ2n) is 7.02. The molecule has 3 N–H and O–H groups in total. The van der Waals surface area contributed by atoms with Crippen molar-refractivity contribution in [3.8, 4) is 0 Å². The summed E-state index contributed by atoms with van der Waals surface area (Å²) in [6.45, 7) is 2.47. The van der Waals surface area contributed by atoms with E-state index in [2.05, 4.69) is 31.0 Å². The number of hydrogen-bond acceptors (Lipinski definition) is 6. The van der Waals surface area contributed by atoms with Gasteiger partial charge in [0.2, 0.25) is 0 Å². The summed E-state index contributed by atoms with van der Waals surface area (Å²) in [4.78, 5) is 14.9. The van der Waals surface area contributed by atoms with E-state index in [-0.39, 0.29) is 11.9 Å². The first kappa shape index (κ1) is 17.0. The van der Waals surface area contributed by atoms with Crippen molar-refractivity contribution in [3.05, 3.63) is 35.8 Å². The van der Waals surface area contributed by atoms with Crippen molar-refractivity contribution in [2.24, 2.45) is 0 Å². The molecule has 0 saturated carbocycles. The van der Waals surface area contributed by atoms with Crippen LogP contribution in [0.15, 0.2) is 24.5 Å². The lowest BCUT2D eigenvalue weighted by Gasteiger charge is -2.33. The van der Waals surface area contributed by atoms with E-state index in [1.54, 1.807) is 12.4 Å². The lowest BCUT2D eigenvalue weighted by atomic mass is 9.98. The Balaban J connectivity index is 1.36. The van der Waals surface area contributed by atoms with Gasteiger partial charge in [-0.2, -0.15) is 10.2 Å². The molecular weight excluding hydrogens is 330 g/mol. The molecule has 0 spiro atoms. The fraction of sp³-hybridized carbons (Fsp3) is 0.556. The fourth-order valence-corrected chi connectivity index (χ4v) is 3.82. The molecule has 2 aromatic rings. The summed E-state index contributed by atoms with van der Waals surface area (Å²) in [5.74, 6) is 0.872. The molecule has 4 heterocycles. The Morgan fingerprint density at radius 3 is 2.85 bits per heavy atom. The highest BCUT2D eigenvalue weighted by Gasteiger charge is 2.28. The van der Waals surface area contributed by atoms with E-state index in [9.17, 15) is 4.79 Å². The summed E-state index contributed by atoms with van der Waals surface area (Å²) < 4.78 is 0. The highest BCUT2D eigenvalue weighted by atomic mass is 16.2. The summed E-state index contributed by atoms with van der Waals surface area (Å²) in [6.07, 6.45) is 8.57. The minimum atomic E-state index is 0.0825. The molecule has 1 unspecified atom stereocenters. The Morgan fingerprint density at radius 1 is 1.23 bits per heavy atom. The van der Waals surface area contributed by atoms with E-state index in [0.717, 1.165) is 50.4 Å². The normalized spacial score (nSPS) is 21.5. The maximum absolute atomic E-state index is 13.0. The van der Waals surface area contributed by atoms with Gasteiger partial charge in [-0.3, -0.25) is 9.89 Å². The molecule has 4 rings (SSSR count). The number of amides is 1.